The van der Waals surface area contributed by atoms with Crippen molar-refractivity contribution < 1.29 is 4.42 Å². The third kappa shape index (κ3) is 4.99. The molecule has 1 rings (SSSR count). The first-order valence-corrected chi connectivity index (χ1v) is 4.91. The Hall–Kier alpha value is -0.870. The predicted octanol–water partition coefficient (Wildman–Crippen LogP) is 1.15. The minimum Gasteiger partial charge on any atom is -0.447 e. The summed E-state index contributed by atoms with van der Waals surface area (Å²) in [4.78, 5) is 3.84. The highest BCUT2D eigenvalue weighted by Gasteiger charge is 2.06. The lowest BCUT2D eigenvalue weighted by molar-refractivity contribution is 0.414. The summed E-state index contributed by atoms with van der Waals surface area (Å²) in [5, 5.41) is 6.66. The van der Waals surface area contributed by atoms with Crippen molar-refractivity contribution >= 4 is 0 Å². The van der Waals surface area contributed by atoms with Gasteiger partial charge in [-0.1, -0.05) is 0 Å². The van der Waals surface area contributed by atoms with E-state index in [9.17, 15) is 0 Å². The molecule has 0 radical (unpaired) electrons. The molecule has 0 amide bonds. The molecule has 0 bridgehead atoms. The molecular weight excluding hydrogens is 178 g/mol. The van der Waals surface area contributed by atoms with E-state index in [-0.39, 0.29) is 5.54 Å². The van der Waals surface area contributed by atoms with Crippen LogP contribution >= 0.6 is 0 Å². The van der Waals surface area contributed by atoms with Crippen molar-refractivity contribution in [2.45, 2.75) is 32.9 Å². The van der Waals surface area contributed by atoms with Crippen molar-refractivity contribution in [3.63, 3.8) is 0 Å². The smallest absolute Gasteiger partial charge is 0.180 e. The molecule has 0 aliphatic heterocycles. The summed E-state index contributed by atoms with van der Waals surface area (Å²) in [6.45, 7) is 9.10. The fourth-order valence-electron chi connectivity index (χ4n) is 1.07. The van der Waals surface area contributed by atoms with E-state index in [1.807, 2.05) is 0 Å². The molecular formula is C10H19N3O. The molecule has 0 saturated carbocycles. The highest BCUT2D eigenvalue weighted by molar-refractivity contribution is 4.87. The van der Waals surface area contributed by atoms with Crippen molar-refractivity contribution in [2.75, 3.05) is 13.1 Å². The molecule has 14 heavy (non-hydrogen) atoms. The van der Waals surface area contributed by atoms with Gasteiger partial charge in [-0.05, 0) is 20.8 Å². The summed E-state index contributed by atoms with van der Waals surface area (Å²) < 4.78 is 5.09. The third-order valence-electron chi connectivity index (χ3n) is 1.74. The number of oxazole rings is 1. The van der Waals surface area contributed by atoms with Crippen molar-refractivity contribution in [3.05, 3.63) is 18.4 Å². The zero-order valence-corrected chi connectivity index (χ0v) is 9.13. The molecule has 0 unspecified atom stereocenters. The van der Waals surface area contributed by atoms with Gasteiger partial charge < -0.3 is 15.1 Å². The van der Waals surface area contributed by atoms with E-state index in [2.05, 4.69) is 36.4 Å². The van der Waals surface area contributed by atoms with Crippen LogP contribution in [0.4, 0.5) is 0 Å². The second-order valence-corrected chi connectivity index (χ2v) is 4.32. The van der Waals surface area contributed by atoms with E-state index in [0.717, 1.165) is 25.4 Å². The molecule has 1 heterocycles. The SMILES string of the molecule is CC(C)(C)NCCNCc1cnco1. The van der Waals surface area contributed by atoms with Gasteiger partial charge in [-0.2, -0.15) is 0 Å². The van der Waals surface area contributed by atoms with Crippen LogP contribution in [0, 0.1) is 0 Å². The van der Waals surface area contributed by atoms with Crippen LogP contribution in [0.5, 0.6) is 0 Å². The topological polar surface area (TPSA) is 50.1 Å². The molecule has 0 spiro atoms. The van der Waals surface area contributed by atoms with Crippen molar-refractivity contribution in [2.24, 2.45) is 0 Å². The molecule has 1 aromatic heterocycles. The van der Waals surface area contributed by atoms with Gasteiger partial charge in [-0.15, -0.1) is 0 Å². The van der Waals surface area contributed by atoms with Crippen molar-refractivity contribution in [1.29, 1.82) is 0 Å². The van der Waals surface area contributed by atoms with Gasteiger partial charge >= 0.3 is 0 Å². The summed E-state index contributed by atoms with van der Waals surface area (Å²) in [5.41, 5.74) is 0.188. The van der Waals surface area contributed by atoms with Crippen LogP contribution in [0.25, 0.3) is 0 Å². The lowest BCUT2D eigenvalue weighted by Gasteiger charge is -2.20. The Morgan fingerprint density at radius 3 is 2.71 bits per heavy atom. The lowest BCUT2D eigenvalue weighted by Crippen LogP contribution is -2.40. The van der Waals surface area contributed by atoms with Crippen LogP contribution in [0.3, 0.4) is 0 Å². The minimum atomic E-state index is 0.188. The van der Waals surface area contributed by atoms with Gasteiger partial charge in [-0.3, -0.25) is 0 Å². The predicted molar refractivity (Wildman–Crippen MR) is 56.0 cm³/mol. The van der Waals surface area contributed by atoms with Crippen LogP contribution in [0.15, 0.2) is 17.0 Å². The highest BCUT2D eigenvalue weighted by atomic mass is 16.3. The van der Waals surface area contributed by atoms with Crippen LogP contribution in [-0.2, 0) is 6.54 Å². The van der Waals surface area contributed by atoms with Gasteiger partial charge in [0.2, 0.25) is 0 Å². The van der Waals surface area contributed by atoms with Gasteiger partial charge in [0.05, 0.1) is 12.7 Å². The first-order chi connectivity index (χ1) is 6.58. The first kappa shape index (κ1) is 11.2. The van der Waals surface area contributed by atoms with E-state index < -0.39 is 0 Å². The maximum Gasteiger partial charge on any atom is 0.180 e. The number of nitrogens with zero attached hydrogens (tertiary/aromatic N) is 1. The Morgan fingerprint density at radius 1 is 1.36 bits per heavy atom. The van der Waals surface area contributed by atoms with Gasteiger partial charge in [0, 0.05) is 18.6 Å². The van der Waals surface area contributed by atoms with Gasteiger partial charge in [0.25, 0.3) is 0 Å². The highest BCUT2D eigenvalue weighted by Crippen LogP contribution is 1.97. The zero-order valence-electron chi connectivity index (χ0n) is 9.13. The van der Waals surface area contributed by atoms with Gasteiger partial charge in [-0.25, -0.2) is 4.98 Å². The number of aromatic nitrogens is 1. The normalized spacial score (nSPS) is 11.9. The molecule has 0 saturated heterocycles. The Bertz CT molecular complexity index is 238. The van der Waals surface area contributed by atoms with Crippen LogP contribution in [0.1, 0.15) is 26.5 Å². The summed E-state index contributed by atoms with van der Waals surface area (Å²) in [7, 11) is 0. The largest absolute Gasteiger partial charge is 0.447 e. The maximum atomic E-state index is 5.09. The molecule has 2 N–H and O–H groups in total. The minimum absolute atomic E-state index is 0.188. The van der Waals surface area contributed by atoms with Crippen LogP contribution in [0.2, 0.25) is 0 Å². The molecule has 0 aliphatic rings. The monoisotopic (exact) mass is 197 g/mol. The summed E-state index contributed by atoms with van der Waals surface area (Å²) in [5.74, 6) is 0.876. The molecule has 4 nitrogen and oxygen atoms in total. The standard InChI is InChI=1S/C10H19N3O/c1-10(2,3)13-5-4-11-6-9-7-12-8-14-9/h7-8,11,13H,4-6H2,1-3H3. The van der Waals surface area contributed by atoms with E-state index in [0.29, 0.717) is 0 Å². The molecule has 80 valence electrons. The molecule has 0 aromatic carbocycles. The number of rotatable bonds is 5. The average molecular weight is 197 g/mol. The van der Waals surface area contributed by atoms with E-state index in [1.165, 1.54) is 6.39 Å². The average Bonchev–Trinajstić information content (AvgIpc) is 2.54. The zero-order chi connectivity index (χ0) is 10.4. The number of hydrogen-bond donors (Lipinski definition) is 2. The van der Waals surface area contributed by atoms with Gasteiger partial charge in [0.15, 0.2) is 6.39 Å². The quantitative estimate of drug-likeness (QED) is 0.695. The maximum absolute atomic E-state index is 5.09. The van der Waals surface area contributed by atoms with E-state index >= 15 is 0 Å². The van der Waals surface area contributed by atoms with Gasteiger partial charge in [0.1, 0.15) is 5.76 Å². The Labute approximate surface area is 85.1 Å². The molecule has 0 fully saturated rings. The Balaban J connectivity index is 2.00. The molecule has 0 atom stereocenters. The van der Waals surface area contributed by atoms with Crippen LogP contribution < -0.4 is 10.6 Å². The Morgan fingerprint density at radius 2 is 2.14 bits per heavy atom. The Kier molecular flexibility index (Phi) is 4.10. The molecule has 4 heteroatoms. The lowest BCUT2D eigenvalue weighted by atomic mass is 10.1. The second kappa shape index (κ2) is 5.12. The number of hydrogen-bond acceptors (Lipinski definition) is 4. The first-order valence-electron chi connectivity index (χ1n) is 4.91. The summed E-state index contributed by atoms with van der Waals surface area (Å²) in [6, 6.07) is 0. The third-order valence-corrected chi connectivity index (χ3v) is 1.74. The fraction of sp³-hybridized carbons (Fsp3) is 0.700. The van der Waals surface area contributed by atoms with E-state index in [4.69, 9.17) is 4.42 Å². The number of nitrogens with one attached hydrogen (secondary N) is 2. The fourth-order valence-corrected chi connectivity index (χ4v) is 1.07. The molecule has 0 aliphatic carbocycles. The van der Waals surface area contributed by atoms with E-state index in [1.54, 1.807) is 6.20 Å². The summed E-state index contributed by atoms with van der Waals surface area (Å²) in [6.07, 6.45) is 3.18. The summed E-state index contributed by atoms with van der Waals surface area (Å²) >= 11 is 0. The second-order valence-electron chi connectivity index (χ2n) is 4.32. The molecule has 1 aromatic rings. The van der Waals surface area contributed by atoms with Crippen LogP contribution in [-0.4, -0.2) is 23.6 Å². The van der Waals surface area contributed by atoms with Crippen molar-refractivity contribution in [1.82, 2.24) is 15.6 Å². The van der Waals surface area contributed by atoms with Crippen molar-refractivity contribution in [3.8, 4) is 0 Å².